The average Bonchev–Trinajstić information content (AvgIpc) is 2.73. The number of allylic oxidation sites excluding steroid dienone is 1. The first kappa shape index (κ1) is 22.7. The highest BCUT2D eigenvalue weighted by Crippen LogP contribution is 2.40. The van der Waals surface area contributed by atoms with Gasteiger partial charge in [0, 0.05) is 12.2 Å². The smallest absolute Gasteiger partial charge is 0.319 e. The number of amides is 3. The van der Waals surface area contributed by atoms with Crippen LogP contribution in [0.3, 0.4) is 0 Å². The molecule has 3 rings (SSSR count). The Morgan fingerprint density at radius 1 is 1.23 bits per heavy atom. The molecule has 0 aliphatic carbocycles. The summed E-state index contributed by atoms with van der Waals surface area (Å²) in [6, 6.07) is 12.2. The third-order valence-corrected chi connectivity index (χ3v) is 5.34. The fraction of sp³-hybridized carbons (Fsp3) is 0.304. The molecule has 0 saturated carbocycles. The highest BCUT2D eigenvalue weighted by atomic mass is 79.9. The number of urea groups is 1. The Morgan fingerprint density at radius 3 is 2.58 bits per heavy atom. The molecular weight excluding hydrogens is 462 g/mol. The zero-order valence-corrected chi connectivity index (χ0v) is 19.5. The van der Waals surface area contributed by atoms with Crippen LogP contribution < -0.4 is 25.4 Å². The average molecular weight is 488 g/mol. The summed E-state index contributed by atoms with van der Waals surface area (Å²) in [5, 5.41) is 8.47. The lowest BCUT2D eigenvalue weighted by molar-refractivity contribution is -0.118. The van der Waals surface area contributed by atoms with Crippen LogP contribution in [0.4, 0.5) is 4.79 Å². The van der Waals surface area contributed by atoms with Crippen LogP contribution in [-0.2, 0) is 11.3 Å². The van der Waals surface area contributed by atoms with Crippen LogP contribution in [0.25, 0.3) is 0 Å². The summed E-state index contributed by atoms with van der Waals surface area (Å²) in [4.78, 5) is 25.3. The molecule has 0 saturated heterocycles. The molecule has 2 aromatic rings. The van der Waals surface area contributed by atoms with E-state index in [1.54, 1.807) is 20.1 Å². The molecule has 1 heterocycles. The maximum Gasteiger partial charge on any atom is 0.319 e. The van der Waals surface area contributed by atoms with Crippen molar-refractivity contribution in [2.45, 2.75) is 39.5 Å². The zero-order chi connectivity index (χ0) is 22.5. The van der Waals surface area contributed by atoms with E-state index in [9.17, 15) is 9.59 Å². The van der Waals surface area contributed by atoms with E-state index in [4.69, 9.17) is 9.47 Å². The van der Waals surface area contributed by atoms with Crippen molar-refractivity contribution >= 4 is 27.9 Å². The number of nitrogens with one attached hydrogen (secondary N) is 3. The molecule has 0 aromatic heterocycles. The molecule has 1 atom stereocenters. The van der Waals surface area contributed by atoms with Gasteiger partial charge in [-0.3, -0.25) is 4.79 Å². The van der Waals surface area contributed by atoms with Gasteiger partial charge in [-0.1, -0.05) is 30.3 Å². The van der Waals surface area contributed by atoms with Crippen LogP contribution in [0, 0.1) is 0 Å². The minimum atomic E-state index is -0.650. The van der Waals surface area contributed by atoms with E-state index >= 15 is 0 Å². The van der Waals surface area contributed by atoms with Crippen LogP contribution >= 0.6 is 15.9 Å². The summed E-state index contributed by atoms with van der Waals surface area (Å²) < 4.78 is 12.0. The van der Waals surface area contributed by atoms with Crippen LogP contribution in [0.1, 0.15) is 37.9 Å². The predicted molar refractivity (Wildman–Crippen MR) is 122 cm³/mol. The van der Waals surface area contributed by atoms with Gasteiger partial charge in [0.05, 0.1) is 29.3 Å². The minimum absolute atomic E-state index is 0.0453. The maximum absolute atomic E-state index is 13.1. The summed E-state index contributed by atoms with van der Waals surface area (Å²) in [7, 11) is 1.55. The molecule has 7 nitrogen and oxygen atoms in total. The summed E-state index contributed by atoms with van der Waals surface area (Å²) in [5.41, 5.74) is 2.61. The van der Waals surface area contributed by atoms with Crippen molar-refractivity contribution in [3.8, 4) is 11.5 Å². The zero-order valence-electron chi connectivity index (χ0n) is 17.9. The molecule has 0 bridgehead atoms. The number of carbonyl (C=O) groups excluding carboxylic acids is 2. The lowest BCUT2D eigenvalue weighted by Gasteiger charge is -2.29. The van der Waals surface area contributed by atoms with E-state index in [1.165, 1.54) is 0 Å². The topological polar surface area (TPSA) is 88.7 Å². The summed E-state index contributed by atoms with van der Waals surface area (Å²) in [6.45, 7) is 5.94. The quantitative estimate of drug-likeness (QED) is 0.546. The molecule has 0 unspecified atom stereocenters. The molecule has 3 amide bonds. The standard InChI is InChI=1S/C23H26BrN3O4/c1-13(2)31-21-17(24)10-16(11-18(21)30-4)20-19(14(3)26-23(29)27-20)22(28)25-12-15-8-6-5-7-9-15/h5-11,13,20H,12H2,1-4H3,(H,25,28)(H2,26,27,29)/t20-/m1/s1. The Bertz CT molecular complexity index is 1010. The van der Waals surface area contributed by atoms with Crippen molar-refractivity contribution in [3.05, 3.63) is 69.3 Å². The summed E-state index contributed by atoms with van der Waals surface area (Å²) in [5.74, 6) is 0.807. The first-order valence-corrected chi connectivity index (χ1v) is 10.7. The highest BCUT2D eigenvalue weighted by molar-refractivity contribution is 9.10. The Morgan fingerprint density at radius 2 is 1.94 bits per heavy atom. The van der Waals surface area contributed by atoms with Crippen molar-refractivity contribution in [2.75, 3.05) is 7.11 Å². The number of ether oxygens (including phenoxy) is 2. The SMILES string of the molecule is COc1cc([C@H]2NC(=O)NC(C)=C2C(=O)NCc2ccccc2)cc(Br)c1OC(C)C. The van der Waals surface area contributed by atoms with Crippen molar-refractivity contribution in [1.29, 1.82) is 0 Å². The van der Waals surface area contributed by atoms with Gasteiger partial charge >= 0.3 is 6.03 Å². The number of benzene rings is 2. The molecule has 8 heteroatoms. The van der Waals surface area contributed by atoms with Crippen LogP contribution in [0.2, 0.25) is 0 Å². The molecule has 0 radical (unpaired) electrons. The second-order valence-electron chi connectivity index (χ2n) is 7.44. The summed E-state index contributed by atoms with van der Waals surface area (Å²) >= 11 is 3.53. The lowest BCUT2D eigenvalue weighted by Crippen LogP contribution is -2.46. The van der Waals surface area contributed by atoms with Crippen LogP contribution in [0.15, 0.2) is 58.2 Å². The van der Waals surface area contributed by atoms with Gasteiger partial charge in [-0.2, -0.15) is 0 Å². The van der Waals surface area contributed by atoms with Gasteiger partial charge in [0.2, 0.25) is 0 Å². The second-order valence-corrected chi connectivity index (χ2v) is 8.29. The Balaban J connectivity index is 1.94. The molecule has 31 heavy (non-hydrogen) atoms. The molecule has 164 valence electrons. The van der Waals surface area contributed by atoms with Gasteiger partial charge in [0.1, 0.15) is 0 Å². The summed E-state index contributed by atoms with van der Waals surface area (Å²) in [6.07, 6.45) is -0.0453. The minimum Gasteiger partial charge on any atom is -0.493 e. The maximum atomic E-state index is 13.1. The van der Waals surface area contributed by atoms with E-state index in [0.717, 1.165) is 5.56 Å². The van der Waals surface area contributed by atoms with Gasteiger partial charge in [-0.25, -0.2) is 4.79 Å². The molecular formula is C23H26BrN3O4. The van der Waals surface area contributed by atoms with Gasteiger partial charge in [-0.15, -0.1) is 0 Å². The fourth-order valence-electron chi connectivity index (χ4n) is 3.37. The number of methoxy groups -OCH3 is 1. The monoisotopic (exact) mass is 487 g/mol. The third kappa shape index (κ3) is 5.38. The Labute approximate surface area is 190 Å². The highest BCUT2D eigenvalue weighted by Gasteiger charge is 2.32. The van der Waals surface area contributed by atoms with Gasteiger partial charge in [0.25, 0.3) is 5.91 Å². The number of carbonyl (C=O) groups is 2. The first-order chi connectivity index (χ1) is 14.8. The Kier molecular flexibility index (Phi) is 7.22. The van der Waals surface area contributed by atoms with Crippen molar-refractivity contribution in [2.24, 2.45) is 0 Å². The molecule has 2 aromatic carbocycles. The third-order valence-electron chi connectivity index (χ3n) is 4.75. The second kappa shape index (κ2) is 9.87. The van der Waals surface area contributed by atoms with E-state index in [0.29, 0.717) is 39.4 Å². The van der Waals surface area contributed by atoms with E-state index in [1.807, 2.05) is 50.2 Å². The fourth-order valence-corrected chi connectivity index (χ4v) is 3.93. The van der Waals surface area contributed by atoms with Crippen LogP contribution in [0.5, 0.6) is 11.5 Å². The normalized spacial score (nSPS) is 15.9. The number of hydrogen-bond acceptors (Lipinski definition) is 4. The number of halogens is 1. The van der Waals surface area contributed by atoms with Gasteiger partial charge in [0.15, 0.2) is 11.5 Å². The lowest BCUT2D eigenvalue weighted by atomic mass is 9.94. The van der Waals surface area contributed by atoms with Gasteiger partial charge < -0.3 is 25.4 Å². The van der Waals surface area contributed by atoms with E-state index < -0.39 is 6.04 Å². The molecule has 0 fully saturated rings. The first-order valence-electron chi connectivity index (χ1n) is 9.94. The molecule has 0 spiro atoms. The van der Waals surface area contributed by atoms with E-state index in [-0.39, 0.29) is 18.0 Å². The largest absolute Gasteiger partial charge is 0.493 e. The predicted octanol–water partition coefficient (Wildman–Crippen LogP) is 4.19. The van der Waals surface area contributed by atoms with Gasteiger partial charge in [-0.05, 0) is 60.0 Å². The number of rotatable bonds is 7. The van der Waals surface area contributed by atoms with E-state index in [2.05, 4.69) is 31.9 Å². The number of hydrogen-bond donors (Lipinski definition) is 3. The molecule has 3 N–H and O–H groups in total. The van der Waals surface area contributed by atoms with Crippen molar-refractivity contribution in [1.82, 2.24) is 16.0 Å². The molecule has 1 aliphatic heterocycles. The Hall–Kier alpha value is -3.00. The van der Waals surface area contributed by atoms with Crippen LogP contribution in [-0.4, -0.2) is 25.2 Å². The van der Waals surface area contributed by atoms with Crippen molar-refractivity contribution < 1.29 is 19.1 Å². The van der Waals surface area contributed by atoms with Crippen molar-refractivity contribution in [3.63, 3.8) is 0 Å². The molecule has 1 aliphatic rings.